The molecular weight excluding hydrogens is 414 g/mol. The second kappa shape index (κ2) is 9.60. The zero-order valence-electron chi connectivity index (χ0n) is 19.1. The van der Waals surface area contributed by atoms with E-state index in [-0.39, 0.29) is 5.78 Å². The Kier molecular flexibility index (Phi) is 6.05. The summed E-state index contributed by atoms with van der Waals surface area (Å²) in [6, 6.07) is 45.8. The first-order valence-corrected chi connectivity index (χ1v) is 11.4. The summed E-state index contributed by atoms with van der Waals surface area (Å²) in [6.07, 6.45) is 0. The first-order valence-electron chi connectivity index (χ1n) is 11.4. The Labute approximate surface area is 200 Å². The minimum atomic E-state index is 0.0672. The minimum Gasteiger partial charge on any atom is -0.311 e. The second-order valence-electron chi connectivity index (χ2n) is 8.26. The summed E-state index contributed by atoms with van der Waals surface area (Å²) in [5.41, 5.74) is 8.57. The lowest BCUT2D eigenvalue weighted by molar-refractivity contribution is 0.101. The molecule has 0 heterocycles. The van der Waals surface area contributed by atoms with Gasteiger partial charge in [0.25, 0.3) is 0 Å². The number of Topliss-reactive ketones (excluding diaryl/α,β-unsaturated/α-hetero) is 1. The number of nitrogens with zero attached hydrogens (tertiary/aromatic N) is 1. The van der Waals surface area contributed by atoms with Crippen molar-refractivity contribution >= 4 is 22.8 Å². The molecule has 0 aromatic heterocycles. The average Bonchev–Trinajstić information content (AvgIpc) is 2.91. The van der Waals surface area contributed by atoms with Gasteiger partial charge >= 0.3 is 0 Å². The predicted octanol–water partition coefficient (Wildman–Crippen LogP) is 8.69. The molecule has 5 aromatic carbocycles. The van der Waals surface area contributed by atoms with Crippen molar-refractivity contribution in [1.82, 2.24) is 0 Å². The molecule has 5 rings (SSSR count). The number of benzene rings is 5. The van der Waals surface area contributed by atoms with Gasteiger partial charge in [-0.2, -0.15) is 0 Å². The Hall–Kier alpha value is -4.43. The van der Waals surface area contributed by atoms with Crippen molar-refractivity contribution in [2.24, 2.45) is 0 Å². The van der Waals surface area contributed by atoms with Crippen LogP contribution in [0, 0.1) is 0 Å². The summed E-state index contributed by atoms with van der Waals surface area (Å²) in [5.74, 6) is 0.0672. The number of hydrogen-bond donors (Lipinski definition) is 0. The zero-order chi connectivity index (χ0) is 23.3. The molecule has 164 valence electrons. The SMILES string of the molecule is CC(=O)c1ccc(N(c2ccc(-c3ccccc3)cc2)c2ccc(-c3ccccc3)cc2)cc1. The summed E-state index contributed by atoms with van der Waals surface area (Å²) < 4.78 is 0. The van der Waals surface area contributed by atoms with Crippen LogP contribution in [0.2, 0.25) is 0 Å². The highest BCUT2D eigenvalue weighted by atomic mass is 16.1. The average molecular weight is 440 g/mol. The van der Waals surface area contributed by atoms with Crippen molar-refractivity contribution in [3.8, 4) is 22.3 Å². The lowest BCUT2D eigenvalue weighted by Gasteiger charge is -2.26. The van der Waals surface area contributed by atoms with Crippen LogP contribution in [-0.2, 0) is 0 Å². The standard InChI is InChI=1S/C32H25NO/c1-24(34)25-12-18-30(19-13-25)33(31-20-14-28(15-21-31)26-8-4-2-5-9-26)32-22-16-29(17-23-32)27-10-6-3-7-11-27/h2-23H,1H3. The smallest absolute Gasteiger partial charge is 0.159 e. The minimum absolute atomic E-state index is 0.0672. The first kappa shape index (κ1) is 21.4. The molecule has 0 unspecified atom stereocenters. The Morgan fingerprint density at radius 3 is 1.12 bits per heavy atom. The Morgan fingerprint density at radius 1 is 0.441 bits per heavy atom. The van der Waals surface area contributed by atoms with Gasteiger partial charge in [0.05, 0.1) is 0 Å². The van der Waals surface area contributed by atoms with Crippen LogP contribution in [-0.4, -0.2) is 5.78 Å². The summed E-state index contributed by atoms with van der Waals surface area (Å²) in [4.78, 5) is 14.0. The van der Waals surface area contributed by atoms with Crippen LogP contribution >= 0.6 is 0 Å². The summed E-state index contributed by atoms with van der Waals surface area (Å²) >= 11 is 0. The molecular formula is C32H25NO. The van der Waals surface area contributed by atoms with Gasteiger partial charge in [0, 0.05) is 22.6 Å². The van der Waals surface area contributed by atoms with E-state index in [0.717, 1.165) is 17.1 Å². The lowest BCUT2D eigenvalue weighted by atomic mass is 10.0. The van der Waals surface area contributed by atoms with Gasteiger partial charge < -0.3 is 4.90 Å². The third kappa shape index (κ3) is 4.53. The summed E-state index contributed by atoms with van der Waals surface area (Å²) in [7, 11) is 0. The lowest BCUT2D eigenvalue weighted by Crippen LogP contribution is -2.10. The van der Waals surface area contributed by atoms with E-state index < -0.39 is 0 Å². The Bertz CT molecular complexity index is 1290. The molecule has 0 amide bonds. The maximum Gasteiger partial charge on any atom is 0.159 e. The van der Waals surface area contributed by atoms with Crippen molar-refractivity contribution in [2.45, 2.75) is 6.92 Å². The third-order valence-corrected chi connectivity index (χ3v) is 6.00. The number of ketones is 1. The van der Waals surface area contributed by atoms with Gasteiger partial charge in [-0.3, -0.25) is 4.79 Å². The highest BCUT2D eigenvalue weighted by Crippen LogP contribution is 2.36. The van der Waals surface area contributed by atoms with Crippen molar-refractivity contribution in [2.75, 3.05) is 4.90 Å². The molecule has 0 bridgehead atoms. The predicted molar refractivity (Wildman–Crippen MR) is 142 cm³/mol. The van der Waals surface area contributed by atoms with Crippen LogP contribution in [0.5, 0.6) is 0 Å². The van der Waals surface area contributed by atoms with Gasteiger partial charge in [0.15, 0.2) is 5.78 Å². The van der Waals surface area contributed by atoms with Crippen LogP contribution in [0.25, 0.3) is 22.3 Å². The van der Waals surface area contributed by atoms with E-state index in [9.17, 15) is 4.79 Å². The van der Waals surface area contributed by atoms with E-state index in [2.05, 4.69) is 102 Å². The number of anilines is 3. The van der Waals surface area contributed by atoms with E-state index in [1.807, 2.05) is 36.4 Å². The molecule has 0 saturated heterocycles. The highest BCUT2D eigenvalue weighted by Gasteiger charge is 2.14. The molecule has 5 aromatic rings. The van der Waals surface area contributed by atoms with Gasteiger partial charge in [-0.15, -0.1) is 0 Å². The van der Waals surface area contributed by atoms with Crippen LogP contribution in [0.3, 0.4) is 0 Å². The highest BCUT2D eigenvalue weighted by molar-refractivity contribution is 5.94. The van der Waals surface area contributed by atoms with Crippen molar-refractivity contribution in [3.63, 3.8) is 0 Å². The van der Waals surface area contributed by atoms with E-state index >= 15 is 0 Å². The van der Waals surface area contributed by atoms with Crippen LogP contribution in [0.1, 0.15) is 17.3 Å². The van der Waals surface area contributed by atoms with Crippen molar-refractivity contribution < 1.29 is 4.79 Å². The van der Waals surface area contributed by atoms with Crippen molar-refractivity contribution in [1.29, 1.82) is 0 Å². The fourth-order valence-corrected chi connectivity index (χ4v) is 4.16. The quantitative estimate of drug-likeness (QED) is 0.247. The van der Waals surface area contributed by atoms with E-state index in [0.29, 0.717) is 5.56 Å². The van der Waals surface area contributed by atoms with Gasteiger partial charge in [-0.05, 0) is 77.7 Å². The zero-order valence-corrected chi connectivity index (χ0v) is 19.1. The monoisotopic (exact) mass is 439 g/mol. The molecule has 2 heteroatoms. The number of carbonyl (C=O) groups excluding carboxylic acids is 1. The second-order valence-corrected chi connectivity index (χ2v) is 8.26. The summed E-state index contributed by atoms with van der Waals surface area (Å²) in [5, 5.41) is 0. The maximum atomic E-state index is 11.8. The molecule has 0 saturated carbocycles. The van der Waals surface area contributed by atoms with Gasteiger partial charge in [-0.25, -0.2) is 0 Å². The summed E-state index contributed by atoms with van der Waals surface area (Å²) in [6.45, 7) is 1.59. The first-order chi connectivity index (χ1) is 16.7. The molecule has 34 heavy (non-hydrogen) atoms. The largest absolute Gasteiger partial charge is 0.311 e. The number of carbonyl (C=O) groups is 1. The third-order valence-electron chi connectivity index (χ3n) is 6.00. The Morgan fingerprint density at radius 2 is 0.765 bits per heavy atom. The molecule has 0 aliphatic carbocycles. The fraction of sp³-hybridized carbons (Fsp3) is 0.0312. The van der Waals surface area contributed by atoms with E-state index in [4.69, 9.17) is 0 Å². The molecule has 0 radical (unpaired) electrons. The van der Waals surface area contributed by atoms with Crippen LogP contribution in [0.15, 0.2) is 133 Å². The van der Waals surface area contributed by atoms with Crippen LogP contribution in [0.4, 0.5) is 17.1 Å². The normalized spacial score (nSPS) is 10.6. The van der Waals surface area contributed by atoms with E-state index in [1.54, 1.807) is 6.92 Å². The van der Waals surface area contributed by atoms with Crippen molar-refractivity contribution in [3.05, 3.63) is 139 Å². The van der Waals surface area contributed by atoms with Gasteiger partial charge in [0.1, 0.15) is 0 Å². The molecule has 0 fully saturated rings. The number of rotatable bonds is 6. The number of hydrogen-bond acceptors (Lipinski definition) is 2. The van der Waals surface area contributed by atoms with Gasteiger partial charge in [-0.1, -0.05) is 84.9 Å². The topological polar surface area (TPSA) is 20.3 Å². The molecule has 0 atom stereocenters. The maximum absolute atomic E-state index is 11.8. The van der Waals surface area contributed by atoms with E-state index in [1.165, 1.54) is 22.3 Å². The molecule has 0 spiro atoms. The molecule has 2 nitrogen and oxygen atoms in total. The molecule has 0 aliphatic heterocycles. The van der Waals surface area contributed by atoms with Gasteiger partial charge in [0.2, 0.25) is 0 Å². The Balaban J connectivity index is 1.54. The molecule has 0 aliphatic rings. The van der Waals surface area contributed by atoms with Crippen LogP contribution < -0.4 is 4.90 Å². The molecule has 0 N–H and O–H groups in total. The fourth-order valence-electron chi connectivity index (χ4n) is 4.16.